The lowest BCUT2D eigenvalue weighted by atomic mass is 9.79. The number of carbonyl (C=O) groups excluding carboxylic acids is 1. The number of carboxylic acids is 1. The van der Waals surface area contributed by atoms with E-state index in [1.807, 2.05) is 50.2 Å². The van der Waals surface area contributed by atoms with Crippen LogP contribution in [0.4, 0.5) is 4.79 Å². The normalized spacial score (nSPS) is 15.6. The second-order valence-corrected chi connectivity index (χ2v) is 8.08. The summed E-state index contributed by atoms with van der Waals surface area (Å²) in [5.74, 6) is -1.18. The molecule has 6 heteroatoms. The maximum atomic E-state index is 12.6. The minimum absolute atomic E-state index is 0.0765. The van der Waals surface area contributed by atoms with E-state index >= 15 is 0 Å². The van der Waals surface area contributed by atoms with Crippen molar-refractivity contribution in [2.75, 3.05) is 20.3 Å². The van der Waals surface area contributed by atoms with Crippen LogP contribution in [0.3, 0.4) is 0 Å². The van der Waals surface area contributed by atoms with Crippen molar-refractivity contribution in [3.05, 3.63) is 59.7 Å². The van der Waals surface area contributed by atoms with E-state index in [2.05, 4.69) is 17.4 Å². The van der Waals surface area contributed by atoms with Crippen molar-refractivity contribution in [2.45, 2.75) is 38.6 Å². The summed E-state index contributed by atoms with van der Waals surface area (Å²) in [5.41, 5.74) is 3.76. The summed E-state index contributed by atoms with van der Waals surface area (Å²) in [6.07, 6.45) is 0.639. The highest BCUT2D eigenvalue weighted by atomic mass is 16.5. The number of alkyl carbamates (subject to hydrolysis) is 1. The first-order valence-electron chi connectivity index (χ1n) is 10.2. The number of carbonyl (C=O) groups is 2. The summed E-state index contributed by atoms with van der Waals surface area (Å²) >= 11 is 0. The molecule has 0 aliphatic heterocycles. The fraction of sp³-hybridized carbons (Fsp3) is 0.417. The summed E-state index contributed by atoms with van der Waals surface area (Å²) < 4.78 is 10.8. The highest BCUT2D eigenvalue weighted by Crippen LogP contribution is 2.44. The van der Waals surface area contributed by atoms with Gasteiger partial charge in [0.2, 0.25) is 0 Å². The average Bonchev–Trinajstić information content (AvgIpc) is 3.04. The predicted molar refractivity (Wildman–Crippen MR) is 115 cm³/mol. The Morgan fingerprint density at radius 3 is 2.17 bits per heavy atom. The molecule has 2 aromatic rings. The number of carboxylic acid groups (broad SMARTS) is 1. The summed E-state index contributed by atoms with van der Waals surface area (Å²) in [6, 6.07) is 15.0. The molecule has 2 atom stereocenters. The number of nitrogens with one attached hydrogen (secondary N) is 1. The van der Waals surface area contributed by atoms with Crippen molar-refractivity contribution in [1.82, 2.24) is 5.32 Å². The molecule has 30 heavy (non-hydrogen) atoms. The van der Waals surface area contributed by atoms with E-state index in [1.165, 1.54) is 7.11 Å². The largest absolute Gasteiger partial charge is 0.480 e. The molecule has 0 bridgehead atoms. The van der Waals surface area contributed by atoms with Gasteiger partial charge >= 0.3 is 12.1 Å². The van der Waals surface area contributed by atoms with Crippen LogP contribution < -0.4 is 5.32 Å². The standard InChI is InChI=1S/C24H29NO5/c1-4-13-24(2,15-29-3)21(22(26)27)25-23(28)30-14-20-18-11-7-5-9-16(18)17-10-6-8-12-19(17)20/h5-12,20-21H,4,13-15H2,1-3H3,(H,25,28)(H,26,27)/t21-,24+/m0/s1. The van der Waals surface area contributed by atoms with E-state index in [0.29, 0.717) is 6.42 Å². The minimum atomic E-state index is -1.10. The zero-order chi connectivity index (χ0) is 21.7. The van der Waals surface area contributed by atoms with Crippen molar-refractivity contribution in [3.63, 3.8) is 0 Å². The van der Waals surface area contributed by atoms with E-state index in [1.54, 1.807) is 0 Å². The minimum Gasteiger partial charge on any atom is -0.480 e. The molecule has 2 aromatic carbocycles. The molecular formula is C24H29NO5. The SMILES string of the molecule is CCC[C@](C)(COC)[C@@H](NC(=O)OCC1c2ccccc2-c2ccccc21)C(=O)O. The molecule has 0 aromatic heterocycles. The molecule has 0 spiro atoms. The Labute approximate surface area is 177 Å². The first kappa shape index (κ1) is 21.8. The number of rotatable bonds is 9. The monoisotopic (exact) mass is 411 g/mol. The van der Waals surface area contributed by atoms with Gasteiger partial charge in [0.05, 0.1) is 6.61 Å². The molecule has 0 heterocycles. The van der Waals surface area contributed by atoms with Crippen LogP contribution in [0.15, 0.2) is 48.5 Å². The molecule has 160 valence electrons. The van der Waals surface area contributed by atoms with E-state index in [9.17, 15) is 14.7 Å². The molecule has 0 saturated carbocycles. The predicted octanol–water partition coefficient (Wildman–Crippen LogP) is 4.43. The Bertz CT molecular complexity index is 858. The zero-order valence-electron chi connectivity index (χ0n) is 17.7. The number of amides is 1. The van der Waals surface area contributed by atoms with Crippen LogP contribution in [0.25, 0.3) is 11.1 Å². The van der Waals surface area contributed by atoms with Gasteiger partial charge in [0.1, 0.15) is 12.6 Å². The molecule has 6 nitrogen and oxygen atoms in total. The third-order valence-electron chi connectivity index (χ3n) is 5.84. The number of benzene rings is 2. The Hall–Kier alpha value is -2.86. The molecule has 2 N–H and O–H groups in total. The van der Waals surface area contributed by atoms with Crippen molar-refractivity contribution >= 4 is 12.1 Å². The van der Waals surface area contributed by atoms with E-state index < -0.39 is 23.5 Å². The van der Waals surface area contributed by atoms with Crippen molar-refractivity contribution in [2.24, 2.45) is 5.41 Å². The smallest absolute Gasteiger partial charge is 0.407 e. The quantitative estimate of drug-likeness (QED) is 0.638. The van der Waals surface area contributed by atoms with Gasteiger partial charge in [-0.1, -0.05) is 68.8 Å². The van der Waals surface area contributed by atoms with E-state index in [0.717, 1.165) is 28.7 Å². The van der Waals surface area contributed by atoms with Crippen LogP contribution in [0.2, 0.25) is 0 Å². The third-order valence-corrected chi connectivity index (χ3v) is 5.84. The topological polar surface area (TPSA) is 84.9 Å². The second kappa shape index (κ2) is 9.30. The fourth-order valence-electron chi connectivity index (χ4n) is 4.49. The average molecular weight is 411 g/mol. The Kier molecular flexibility index (Phi) is 6.77. The molecule has 0 saturated heterocycles. The highest BCUT2D eigenvalue weighted by Gasteiger charge is 2.40. The van der Waals surface area contributed by atoms with Gasteiger partial charge in [-0.25, -0.2) is 9.59 Å². The lowest BCUT2D eigenvalue weighted by molar-refractivity contribution is -0.144. The van der Waals surface area contributed by atoms with Crippen molar-refractivity contribution in [3.8, 4) is 11.1 Å². The lowest BCUT2D eigenvalue weighted by Crippen LogP contribution is -2.53. The van der Waals surface area contributed by atoms with Crippen LogP contribution in [-0.2, 0) is 14.3 Å². The molecule has 1 aliphatic carbocycles. The highest BCUT2D eigenvalue weighted by molar-refractivity contribution is 5.81. The van der Waals surface area contributed by atoms with Crippen LogP contribution in [0, 0.1) is 5.41 Å². The number of fused-ring (bicyclic) bond motifs is 3. The van der Waals surface area contributed by atoms with Gasteiger partial charge < -0.3 is 19.9 Å². The summed E-state index contributed by atoms with van der Waals surface area (Å²) in [7, 11) is 1.53. The first-order chi connectivity index (χ1) is 14.4. The van der Waals surface area contributed by atoms with Crippen molar-refractivity contribution in [1.29, 1.82) is 0 Å². The van der Waals surface area contributed by atoms with Crippen LogP contribution in [-0.4, -0.2) is 43.5 Å². The van der Waals surface area contributed by atoms with Gasteiger partial charge in [-0.05, 0) is 28.7 Å². The van der Waals surface area contributed by atoms with Crippen LogP contribution in [0.5, 0.6) is 0 Å². The fourth-order valence-corrected chi connectivity index (χ4v) is 4.49. The molecule has 0 radical (unpaired) electrons. The second-order valence-electron chi connectivity index (χ2n) is 8.08. The van der Waals surface area contributed by atoms with Gasteiger partial charge in [0.25, 0.3) is 0 Å². The van der Waals surface area contributed by atoms with Crippen molar-refractivity contribution < 1.29 is 24.2 Å². The molecule has 1 aliphatic rings. The molecule has 0 unspecified atom stereocenters. The van der Waals surface area contributed by atoms with Gasteiger partial charge in [0.15, 0.2) is 0 Å². The third kappa shape index (κ3) is 4.33. The summed E-state index contributed by atoms with van der Waals surface area (Å²) in [5, 5.41) is 12.3. The van der Waals surface area contributed by atoms with E-state index in [-0.39, 0.29) is 19.1 Å². The molecule has 1 amide bonds. The number of hydrogen-bond acceptors (Lipinski definition) is 4. The van der Waals surface area contributed by atoms with Gasteiger partial charge in [-0.15, -0.1) is 0 Å². The van der Waals surface area contributed by atoms with Gasteiger partial charge in [-0.2, -0.15) is 0 Å². The molecule has 3 rings (SSSR count). The first-order valence-corrected chi connectivity index (χ1v) is 10.2. The number of ether oxygens (including phenoxy) is 2. The summed E-state index contributed by atoms with van der Waals surface area (Å²) in [6.45, 7) is 4.14. The number of aliphatic carboxylic acids is 1. The Morgan fingerprint density at radius 2 is 1.67 bits per heavy atom. The molecular weight excluding hydrogens is 382 g/mol. The number of methoxy groups -OCH3 is 1. The maximum Gasteiger partial charge on any atom is 0.407 e. The maximum absolute atomic E-state index is 12.6. The Morgan fingerprint density at radius 1 is 1.10 bits per heavy atom. The summed E-state index contributed by atoms with van der Waals surface area (Å²) in [4.78, 5) is 24.4. The van der Waals surface area contributed by atoms with Gasteiger partial charge in [0, 0.05) is 18.4 Å². The van der Waals surface area contributed by atoms with Gasteiger partial charge in [-0.3, -0.25) is 0 Å². The zero-order valence-corrected chi connectivity index (χ0v) is 17.7. The Balaban J connectivity index is 1.73. The lowest BCUT2D eigenvalue weighted by Gasteiger charge is -2.34. The molecule has 0 fully saturated rings. The van der Waals surface area contributed by atoms with Crippen LogP contribution in [0.1, 0.15) is 43.7 Å². The van der Waals surface area contributed by atoms with E-state index in [4.69, 9.17) is 9.47 Å². The number of hydrogen-bond donors (Lipinski definition) is 2. The van der Waals surface area contributed by atoms with Crippen LogP contribution >= 0.6 is 0 Å².